The highest BCUT2D eigenvalue weighted by Crippen LogP contribution is 2.55. The van der Waals surface area contributed by atoms with Gasteiger partial charge < -0.3 is 34.9 Å². The fourth-order valence-corrected chi connectivity index (χ4v) is 9.79. The molecule has 2 aromatic heterocycles. The minimum Gasteiger partial charge on any atom is -0.465 e. The van der Waals surface area contributed by atoms with Crippen LogP contribution < -0.4 is 5.32 Å². The van der Waals surface area contributed by atoms with E-state index in [1.54, 1.807) is 20.8 Å². The summed E-state index contributed by atoms with van der Waals surface area (Å²) in [7, 11) is 0. The molecule has 4 amide bonds. The molecule has 0 bridgehead atoms. The second-order valence-corrected chi connectivity index (χ2v) is 20.5. The smallest absolute Gasteiger partial charge is 0.408 e. The molecule has 2 saturated heterocycles. The van der Waals surface area contributed by atoms with E-state index in [2.05, 4.69) is 51.7 Å². The third-order valence-corrected chi connectivity index (χ3v) is 12.9. The minimum absolute atomic E-state index is 0.104. The van der Waals surface area contributed by atoms with E-state index in [1.807, 2.05) is 82.8 Å². The molecule has 2 saturated carbocycles. The Kier molecular flexibility index (Phi) is 11.0. The number of nitrogens with one attached hydrogen (secondary N) is 3. The lowest BCUT2D eigenvalue weighted by Gasteiger charge is -2.43. The molecule has 0 radical (unpaired) electrons. The summed E-state index contributed by atoms with van der Waals surface area (Å²) in [5.74, 6) is 1.73. The molecule has 14 heteroatoms. The first-order chi connectivity index (χ1) is 29.2. The number of carbonyl (C=O) groups excluding carboxylic acids is 3. The third kappa shape index (κ3) is 8.44. The Bertz CT molecular complexity index is 2320. The van der Waals surface area contributed by atoms with E-state index in [-0.39, 0.29) is 47.8 Å². The summed E-state index contributed by atoms with van der Waals surface area (Å²) in [6.45, 7) is 18.6. The number of hydrogen-bond acceptors (Lipinski definition) is 7. The van der Waals surface area contributed by atoms with Crippen LogP contribution >= 0.6 is 0 Å². The van der Waals surface area contributed by atoms with Crippen LogP contribution in [0.25, 0.3) is 33.6 Å². The first kappa shape index (κ1) is 43.0. The number of fused-ring (bicyclic) bond motifs is 2. The van der Waals surface area contributed by atoms with Crippen LogP contribution in [0.1, 0.15) is 119 Å². The van der Waals surface area contributed by atoms with Crippen molar-refractivity contribution in [2.75, 3.05) is 0 Å². The van der Waals surface area contributed by atoms with Gasteiger partial charge in [-0.2, -0.15) is 0 Å². The van der Waals surface area contributed by atoms with Gasteiger partial charge in [0.25, 0.3) is 0 Å². The average Bonchev–Trinajstić information content (AvgIpc) is 3.78. The average molecular weight is 847 g/mol. The molecule has 330 valence electrons. The van der Waals surface area contributed by atoms with Crippen LogP contribution in [0.3, 0.4) is 0 Å². The van der Waals surface area contributed by atoms with Gasteiger partial charge in [-0.25, -0.2) is 19.6 Å². The third-order valence-electron chi connectivity index (χ3n) is 12.9. The molecule has 8 rings (SSSR count). The second kappa shape index (κ2) is 15.9. The zero-order valence-corrected chi connectivity index (χ0v) is 37.6. The lowest BCUT2D eigenvalue weighted by atomic mass is 9.94. The fraction of sp³-hybridized carbons (Fsp3) is 0.542. The number of imidazole rings is 2. The zero-order valence-electron chi connectivity index (χ0n) is 37.6. The number of hydrogen-bond donors (Lipinski definition) is 4. The van der Waals surface area contributed by atoms with Crippen LogP contribution in [0, 0.1) is 23.7 Å². The Morgan fingerprint density at radius 2 is 1.13 bits per heavy atom. The number of aromatic amines is 2. The molecule has 4 aliphatic rings. The van der Waals surface area contributed by atoms with E-state index >= 15 is 0 Å². The van der Waals surface area contributed by atoms with E-state index in [0.29, 0.717) is 11.8 Å². The predicted molar refractivity (Wildman–Crippen MR) is 235 cm³/mol. The SMILES string of the molecule is CC(C)[C@@H](NC(=O)OC(C)(C)C)C(=O)N1[C@@H]2C[C@@H]2C[C@H]1c1nc(-c2ccc(-c3ccc(-c4c[nH]c([C@@H]5C[C@H]6C[C@H]6N5C(=O)[C@@H](C(C)C)N(C(=O)O)C(C)(C)C)n4)cc3)cc2)c[nH]1. The molecule has 0 unspecified atom stereocenters. The van der Waals surface area contributed by atoms with Gasteiger partial charge in [-0.1, -0.05) is 76.2 Å². The molecule has 0 spiro atoms. The summed E-state index contributed by atoms with van der Waals surface area (Å²) in [5, 5.41) is 13.0. The number of ether oxygens (including phenoxy) is 1. The van der Waals surface area contributed by atoms with Crippen LogP contribution in [-0.2, 0) is 14.3 Å². The van der Waals surface area contributed by atoms with Crippen LogP contribution in [0.15, 0.2) is 60.9 Å². The number of nitrogens with zero attached hydrogens (tertiary/aromatic N) is 5. The summed E-state index contributed by atoms with van der Waals surface area (Å²) in [6, 6.07) is 14.8. The number of benzene rings is 2. The van der Waals surface area contributed by atoms with Crippen LogP contribution in [0.4, 0.5) is 9.59 Å². The molecular weight excluding hydrogens is 785 g/mol. The van der Waals surface area contributed by atoms with Crippen LogP contribution in [0.5, 0.6) is 0 Å². The molecule has 2 aliphatic heterocycles. The first-order valence-electron chi connectivity index (χ1n) is 22.2. The molecule has 14 nitrogen and oxygen atoms in total. The van der Waals surface area contributed by atoms with Crippen molar-refractivity contribution in [2.24, 2.45) is 23.7 Å². The van der Waals surface area contributed by atoms with Gasteiger partial charge in [-0.15, -0.1) is 0 Å². The van der Waals surface area contributed by atoms with E-state index in [4.69, 9.17) is 14.7 Å². The number of rotatable bonds is 11. The van der Waals surface area contributed by atoms with Crippen LogP contribution in [-0.4, -0.2) is 99.1 Å². The molecule has 4 aromatic rings. The van der Waals surface area contributed by atoms with Crippen molar-refractivity contribution in [1.82, 2.24) is 40.0 Å². The van der Waals surface area contributed by atoms with Crippen molar-refractivity contribution >= 4 is 24.0 Å². The van der Waals surface area contributed by atoms with Crippen molar-refractivity contribution in [1.29, 1.82) is 0 Å². The second-order valence-electron chi connectivity index (χ2n) is 20.5. The van der Waals surface area contributed by atoms with Crippen molar-refractivity contribution in [3.05, 3.63) is 72.6 Å². The van der Waals surface area contributed by atoms with Crippen LogP contribution in [0.2, 0.25) is 0 Å². The number of piperidine rings is 2. The summed E-state index contributed by atoms with van der Waals surface area (Å²) in [6.07, 6.45) is 5.63. The molecule has 8 atom stereocenters. The van der Waals surface area contributed by atoms with Gasteiger partial charge in [0.05, 0.1) is 23.5 Å². The summed E-state index contributed by atoms with van der Waals surface area (Å²) in [5.41, 5.74) is 4.17. The van der Waals surface area contributed by atoms with Gasteiger partial charge in [0.1, 0.15) is 29.3 Å². The maximum absolute atomic E-state index is 14.3. The van der Waals surface area contributed by atoms with Gasteiger partial charge in [0.15, 0.2) is 0 Å². The van der Waals surface area contributed by atoms with Gasteiger partial charge >= 0.3 is 12.2 Å². The molecule has 4 heterocycles. The number of carbonyl (C=O) groups is 4. The van der Waals surface area contributed by atoms with Gasteiger partial charge in [-0.3, -0.25) is 14.5 Å². The maximum atomic E-state index is 14.3. The topological polar surface area (TPSA) is 177 Å². The summed E-state index contributed by atoms with van der Waals surface area (Å²) < 4.78 is 5.48. The van der Waals surface area contributed by atoms with E-state index in [0.717, 1.165) is 71.0 Å². The largest absolute Gasteiger partial charge is 0.465 e. The first-order valence-corrected chi connectivity index (χ1v) is 22.2. The lowest BCUT2D eigenvalue weighted by Crippen LogP contribution is -2.59. The van der Waals surface area contributed by atoms with Crippen molar-refractivity contribution in [3.63, 3.8) is 0 Å². The molecule has 4 N–H and O–H groups in total. The number of carboxylic acid groups (broad SMARTS) is 1. The van der Waals surface area contributed by atoms with Crippen molar-refractivity contribution in [2.45, 2.75) is 142 Å². The summed E-state index contributed by atoms with van der Waals surface area (Å²) >= 11 is 0. The molecular formula is C48H62N8O6. The highest BCUT2D eigenvalue weighted by molar-refractivity contribution is 5.88. The highest BCUT2D eigenvalue weighted by atomic mass is 16.6. The van der Waals surface area contributed by atoms with E-state index < -0.39 is 35.4 Å². The molecule has 2 aliphatic carbocycles. The number of aromatic nitrogens is 4. The van der Waals surface area contributed by atoms with Crippen molar-refractivity contribution < 1.29 is 29.0 Å². The normalized spacial score (nSPS) is 23.8. The molecule has 4 fully saturated rings. The minimum atomic E-state index is -1.09. The van der Waals surface area contributed by atoms with Gasteiger partial charge in [0, 0.05) is 41.1 Å². The Hall–Kier alpha value is -5.66. The number of alkyl carbamates (subject to hydrolysis) is 1. The monoisotopic (exact) mass is 846 g/mol. The summed E-state index contributed by atoms with van der Waals surface area (Å²) in [4.78, 5) is 75.4. The Morgan fingerprint density at radius 3 is 1.52 bits per heavy atom. The number of H-pyrrole nitrogens is 2. The quantitative estimate of drug-likeness (QED) is 0.116. The Morgan fingerprint density at radius 1 is 0.694 bits per heavy atom. The zero-order chi connectivity index (χ0) is 44.6. The fourth-order valence-electron chi connectivity index (χ4n) is 9.79. The molecule has 2 aromatic carbocycles. The lowest BCUT2D eigenvalue weighted by molar-refractivity contribution is -0.142. The maximum Gasteiger partial charge on any atom is 0.408 e. The van der Waals surface area contributed by atoms with E-state index in [9.17, 15) is 24.3 Å². The van der Waals surface area contributed by atoms with Crippen molar-refractivity contribution in [3.8, 4) is 33.6 Å². The highest BCUT2D eigenvalue weighted by Gasteiger charge is 2.58. The predicted octanol–water partition coefficient (Wildman–Crippen LogP) is 8.81. The van der Waals surface area contributed by atoms with E-state index in [1.165, 1.54) is 4.90 Å². The number of amides is 4. The van der Waals surface area contributed by atoms with Gasteiger partial charge in [0.2, 0.25) is 11.8 Å². The Labute approximate surface area is 364 Å². The van der Waals surface area contributed by atoms with Gasteiger partial charge in [-0.05, 0) is 102 Å². The molecule has 62 heavy (non-hydrogen) atoms. The standard InChI is InChI=1S/C48H62N8O6/c1-25(2)39(53-45(59)62-48(8,9)10)43(57)54-35-19-31(35)21-37(54)41-49-23-33(51-41)29-15-11-27(12-16-29)28-13-17-30(18-14-28)34-24-50-42(52-34)38-22-32-20-36(32)55(38)44(58)40(26(3)4)56(46(60)61)47(5,6)7/h11-18,23-26,31-32,35-40H,19-22H2,1-10H3,(H,49,51)(H,50,52)(H,53,59)(H,60,61)/t31-,32-,35-,36-,37+,38+,39-,40-/m1/s1. The number of likely N-dealkylation sites (tertiary alicyclic amines) is 2. The Balaban J connectivity index is 0.933.